The first-order valence-corrected chi connectivity index (χ1v) is 9.88. The molecule has 7 nitrogen and oxygen atoms in total. The fraction of sp³-hybridized carbons (Fsp3) is 0.409. The van der Waals surface area contributed by atoms with Crippen LogP contribution in [-0.4, -0.2) is 54.5 Å². The average molecular weight is 396 g/mol. The maximum absolute atomic E-state index is 12.4. The van der Waals surface area contributed by atoms with E-state index in [4.69, 9.17) is 4.74 Å². The summed E-state index contributed by atoms with van der Waals surface area (Å²) in [6, 6.07) is 11.3. The number of amides is 2. The average Bonchev–Trinajstić information content (AvgIpc) is 2.71. The second-order valence-electron chi connectivity index (χ2n) is 7.21. The van der Waals surface area contributed by atoms with Gasteiger partial charge in [0.2, 0.25) is 11.8 Å². The third kappa shape index (κ3) is 5.77. The van der Waals surface area contributed by atoms with Gasteiger partial charge in [0.1, 0.15) is 5.75 Å². The number of hydrogen-bond donors (Lipinski definition) is 2. The van der Waals surface area contributed by atoms with Gasteiger partial charge in [-0.05, 0) is 36.2 Å². The van der Waals surface area contributed by atoms with E-state index in [2.05, 4.69) is 26.6 Å². The standard InChI is InChI=1S/C22H28N4O3/c1-16-13-17(6-7-20(16)29-2)15-26-12-11-25-22(28)19(26)14-21(27)24-10-8-18-5-3-4-9-23-18/h3-7,9,13,19H,8,10-12,14-15H2,1-2H3,(H,24,27)(H,25,28). The van der Waals surface area contributed by atoms with Crippen molar-refractivity contribution in [2.45, 2.75) is 32.4 Å². The SMILES string of the molecule is COc1ccc(CN2CCNC(=O)C2CC(=O)NCCc2ccccn2)cc1C. The van der Waals surface area contributed by atoms with Gasteiger partial charge in [-0.25, -0.2) is 0 Å². The second kappa shape index (κ2) is 10.0. The van der Waals surface area contributed by atoms with Crippen LogP contribution in [0.5, 0.6) is 5.75 Å². The zero-order valence-corrected chi connectivity index (χ0v) is 17.0. The van der Waals surface area contributed by atoms with E-state index in [1.165, 1.54) is 0 Å². The third-order valence-corrected chi connectivity index (χ3v) is 5.09. The zero-order valence-electron chi connectivity index (χ0n) is 17.0. The van der Waals surface area contributed by atoms with E-state index in [0.29, 0.717) is 32.6 Å². The normalized spacial score (nSPS) is 16.9. The van der Waals surface area contributed by atoms with Gasteiger partial charge in [-0.3, -0.25) is 19.5 Å². The van der Waals surface area contributed by atoms with Gasteiger partial charge in [-0.1, -0.05) is 18.2 Å². The number of piperazine rings is 1. The molecule has 2 amide bonds. The van der Waals surface area contributed by atoms with Gasteiger partial charge in [0, 0.05) is 44.5 Å². The minimum Gasteiger partial charge on any atom is -0.496 e. The van der Waals surface area contributed by atoms with Gasteiger partial charge in [0.15, 0.2) is 0 Å². The van der Waals surface area contributed by atoms with Crippen molar-refractivity contribution >= 4 is 11.8 Å². The van der Waals surface area contributed by atoms with Crippen molar-refractivity contribution < 1.29 is 14.3 Å². The van der Waals surface area contributed by atoms with Gasteiger partial charge < -0.3 is 15.4 Å². The van der Waals surface area contributed by atoms with Crippen LogP contribution in [0.3, 0.4) is 0 Å². The number of methoxy groups -OCH3 is 1. The van der Waals surface area contributed by atoms with E-state index in [0.717, 1.165) is 22.6 Å². The number of carbonyl (C=O) groups is 2. The number of nitrogens with zero attached hydrogens (tertiary/aromatic N) is 2. The highest BCUT2D eigenvalue weighted by Crippen LogP contribution is 2.21. The maximum Gasteiger partial charge on any atom is 0.237 e. The lowest BCUT2D eigenvalue weighted by atomic mass is 10.1. The summed E-state index contributed by atoms with van der Waals surface area (Å²) in [6.07, 6.45) is 2.55. The molecule has 1 aromatic carbocycles. The van der Waals surface area contributed by atoms with E-state index in [1.54, 1.807) is 13.3 Å². The van der Waals surface area contributed by atoms with Crippen molar-refractivity contribution in [1.29, 1.82) is 0 Å². The molecule has 1 aromatic heterocycles. The summed E-state index contributed by atoms with van der Waals surface area (Å²) in [6.45, 7) is 4.41. The molecule has 1 saturated heterocycles. The first-order chi connectivity index (χ1) is 14.1. The zero-order chi connectivity index (χ0) is 20.6. The molecular formula is C22H28N4O3. The Hall–Kier alpha value is -2.93. The number of aromatic nitrogens is 1. The quantitative estimate of drug-likeness (QED) is 0.706. The van der Waals surface area contributed by atoms with Gasteiger partial charge in [0.05, 0.1) is 19.6 Å². The van der Waals surface area contributed by atoms with E-state index in [-0.39, 0.29) is 18.2 Å². The van der Waals surface area contributed by atoms with Crippen molar-refractivity contribution in [3.63, 3.8) is 0 Å². The van der Waals surface area contributed by atoms with E-state index < -0.39 is 6.04 Å². The number of pyridine rings is 1. The molecule has 2 heterocycles. The number of ether oxygens (including phenoxy) is 1. The Morgan fingerprint density at radius 2 is 2.21 bits per heavy atom. The van der Waals surface area contributed by atoms with Crippen LogP contribution in [0.1, 0.15) is 23.2 Å². The Kier molecular flexibility index (Phi) is 7.19. The topological polar surface area (TPSA) is 83.6 Å². The van der Waals surface area contributed by atoms with Crippen LogP contribution in [0, 0.1) is 6.92 Å². The maximum atomic E-state index is 12.4. The Bertz CT molecular complexity index is 841. The number of nitrogens with one attached hydrogen (secondary N) is 2. The summed E-state index contributed by atoms with van der Waals surface area (Å²) in [5, 5.41) is 5.78. The number of carbonyl (C=O) groups excluding carboxylic acids is 2. The van der Waals surface area contributed by atoms with Gasteiger partial charge in [-0.15, -0.1) is 0 Å². The van der Waals surface area contributed by atoms with Crippen molar-refractivity contribution in [1.82, 2.24) is 20.5 Å². The molecule has 0 spiro atoms. The smallest absolute Gasteiger partial charge is 0.237 e. The van der Waals surface area contributed by atoms with Crippen LogP contribution in [-0.2, 0) is 22.6 Å². The minimum atomic E-state index is -0.471. The Morgan fingerprint density at radius 1 is 1.34 bits per heavy atom. The molecular weight excluding hydrogens is 368 g/mol. The fourth-order valence-electron chi connectivity index (χ4n) is 3.57. The van der Waals surface area contributed by atoms with Crippen LogP contribution in [0.4, 0.5) is 0 Å². The Balaban J connectivity index is 1.57. The highest BCUT2D eigenvalue weighted by Gasteiger charge is 2.31. The Morgan fingerprint density at radius 3 is 2.93 bits per heavy atom. The lowest BCUT2D eigenvalue weighted by molar-refractivity contribution is -0.134. The molecule has 3 rings (SSSR count). The molecule has 29 heavy (non-hydrogen) atoms. The molecule has 0 radical (unpaired) electrons. The first-order valence-electron chi connectivity index (χ1n) is 9.88. The number of hydrogen-bond acceptors (Lipinski definition) is 5. The molecule has 1 unspecified atom stereocenters. The molecule has 2 aromatic rings. The van der Waals surface area contributed by atoms with Gasteiger partial charge >= 0.3 is 0 Å². The summed E-state index contributed by atoms with van der Waals surface area (Å²) >= 11 is 0. The lowest BCUT2D eigenvalue weighted by Gasteiger charge is -2.34. The molecule has 1 atom stereocenters. The molecule has 0 bridgehead atoms. The number of rotatable bonds is 8. The predicted octanol–water partition coefficient (Wildman–Crippen LogP) is 1.45. The van der Waals surface area contributed by atoms with Crippen molar-refractivity contribution in [2.75, 3.05) is 26.7 Å². The van der Waals surface area contributed by atoms with Crippen LogP contribution in [0.25, 0.3) is 0 Å². The van der Waals surface area contributed by atoms with E-state index >= 15 is 0 Å². The molecule has 1 aliphatic rings. The number of aryl methyl sites for hydroxylation is 1. The van der Waals surface area contributed by atoms with E-state index in [9.17, 15) is 9.59 Å². The Labute approximate surface area is 171 Å². The monoisotopic (exact) mass is 396 g/mol. The molecule has 0 aliphatic carbocycles. The predicted molar refractivity (Wildman–Crippen MR) is 111 cm³/mol. The van der Waals surface area contributed by atoms with Gasteiger partial charge in [0.25, 0.3) is 0 Å². The summed E-state index contributed by atoms with van der Waals surface area (Å²) in [4.78, 5) is 31.2. The summed E-state index contributed by atoms with van der Waals surface area (Å²) in [7, 11) is 1.65. The number of benzene rings is 1. The minimum absolute atomic E-state index is 0.0960. The first kappa shape index (κ1) is 20.8. The fourth-order valence-corrected chi connectivity index (χ4v) is 3.57. The van der Waals surface area contributed by atoms with Crippen LogP contribution < -0.4 is 15.4 Å². The highest BCUT2D eigenvalue weighted by atomic mass is 16.5. The summed E-state index contributed by atoms with van der Waals surface area (Å²) in [5.74, 6) is 0.620. The van der Waals surface area contributed by atoms with Gasteiger partial charge in [-0.2, -0.15) is 0 Å². The van der Waals surface area contributed by atoms with E-state index in [1.807, 2.05) is 37.3 Å². The lowest BCUT2D eigenvalue weighted by Crippen LogP contribution is -2.56. The molecule has 154 valence electrons. The van der Waals surface area contributed by atoms with Crippen molar-refractivity contribution in [3.8, 4) is 5.75 Å². The molecule has 1 aliphatic heterocycles. The second-order valence-corrected chi connectivity index (χ2v) is 7.21. The van der Waals surface area contributed by atoms with Crippen LogP contribution in [0.2, 0.25) is 0 Å². The molecule has 1 fully saturated rings. The summed E-state index contributed by atoms with van der Waals surface area (Å²) in [5.41, 5.74) is 3.08. The molecule has 0 saturated carbocycles. The summed E-state index contributed by atoms with van der Waals surface area (Å²) < 4.78 is 5.32. The molecule has 7 heteroatoms. The largest absolute Gasteiger partial charge is 0.496 e. The third-order valence-electron chi connectivity index (χ3n) is 5.09. The van der Waals surface area contributed by atoms with Crippen molar-refractivity contribution in [3.05, 3.63) is 59.4 Å². The van der Waals surface area contributed by atoms with Crippen molar-refractivity contribution in [2.24, 2.45) is 0 Å². The van der Waals surface area contributed by atoms with Crippen LogP contribution in [0.15, 0.2) is 42.6 Å². The van der Waals surface area contributed by atoms with Crippen LogP contribution >= 0.6 is 0 Å². The highest BCUT2D eigenvalue weighted by molar-refractivity contribution is 5.88. The molecule has 2 N–H and O–H groups in total.